The summed E-state index contributed by atoms with van der Waals surface area (Å²) >= 11 is 5.94. The molecule has 1 saturated carbocycles. The van der Waals surface area contributed by atoms with Gasteiger partial charge in [0.25, 0.3) is 5.91 Å². The summed E-state index contributed by atoms with van der Waals surface area (Å²) < 4.78 is 5.59. The number of nitrogens with zero attached hydrogens (tertiary/aromatic N) is 1. The lowest BCUT2D eigenvalue weighted by molar-refractivity contribution is -0.162. The SMILES string of the molecule is CN1C(=O)CO[C@@H](C(=O)NC2CCCC2)[C@H]1c1ccc(Cl)cc1. The van der Waals surface area contributed by atoms with Crippen molar-refractivity contribution in [2.75, 3.05) is 13.7 Å². The van der Waals surface area contributed by atoms with E-state index < -0.39 is 12.1 Å². The monoisotopic (exact) mass is 336 g/mol. The van der Waals surface area contributed by atoms with E-state index in [0.29, 0.717) is 5.02 Å². The van der Waals surface area contributed by atoms with Gasteiger partial charge in [-0.15, -0.1) is 0 Å². The number of likely N-dealkylation sites (N-methyl/N-ethyl adjacent to an activating group) is 1. The molecule has 1 heterocycles. The number of halogens is 1. The first-order valence-electron chi connectivity index (χ1n) is 7.99. The Balaban J connectivity index is 1.81. The van der Waals surface area contributed by atoms with E-state index in [1.165, 1.54) is 0 Å². The van der Waals surface area contributed by atoms with Crippen molar-refractivity contribution in [1.29, 1.82) is 0 Å². The summed E-state index contributed by atoms with van der Waals surface area (Å²) in [6.45, 7) is -0.0661. The fraction of sp³-hybridized carbons (Fsp3) is 0.529. The Hall–Kier alpha value is -1.59. The highest BCUT2D eigenvalue weighted by Crippen LogP contribution is 2.30. The number of hydrogen-bond donors (Lipinski definition) is 1. The normalized spacial score (nSPS) is 25.7. The van der Waals surface area contributed by atoms with Gasteiger partial charge in [-0.1, -0.05) is 36.6 Å². The minimum Gasteiger partial charge on any atom is -0.356 e. The fourth-order valence-corrected chi connectivity index (χ4v) is 3.47. The Morgan fingerprint density at radius 3 is 2.57 bits per heavy atom. The molecule has 124 valence electrons. The Kier molecular flexibility index (Phi) is 4.87. The summed E-state index contributed by atoms with van der Waals surface area (Å²) in [5, 5.41) is 3.68. The molecule has 3 rings (SSSR count). The topological polar surface area (TPSA) is 58.6 Å². The van der Waals surface area contributed by atoms with E-state index in [-0.39, 0.29) is 24.5 Å². The summed E-state index contributed by atoms with van der Waals surface area (Å²) in [7, 11) is 1.71. The highest BCUT2D eigenvalue weighted by Gasteiger charge is 2.40. The van der Waals surface area contributed by atoms with Gasteiger partial charge in [-0.25, -0.2) is 0 Å². The van der Waals surface area contributed by atoms with E-state index in [1.807, 2.05) is 12.1 Å². The third kappa shape index (κ3) is 3.51. The van der Waals surface area contributed by atoms with Gasteiger partial charge in [-0.3, -0.25) is 9.59 Å². The van der Waals surface area contributed by atoms with Crippen LogP contribution < -0.4 is 5.32 Å². The van der Waals surface area contributed by atoms with Crippen LogP contribution in [0.5, 0.6) is 0 Å². The molecule has 5 nitrogen and oxygen atoms in total. The second-order valence-electron chi connectivity index (χ2n) is 6.22. The van der Waals surface area contributed by atoms with Crippen molar-refractivity contribution < 1.29 is 14.3 Å². The van der Waals surface area contributed by atoms with E-state index in [0.717, 1.165) is 31.2 Å². The van der Waals surface area contributed by atoms with E-state index in [1.54, 1.807) is 24.1 Å². The first-order valence-corrected chi connectivity index (χ1v) is 8.37. The predicted octanol–water partition coefficient (Wildman–Crippen LogP) is 2.30. The third-order valence-corrected chi connectivity index (χ3v) is 4.91. The average Bonchev–Trinajstić information content (AvgIpc) is 3.04. The van der Waals surface area contributed by atoms with Gasteiger partial charge in [-0.05, 0) is 30.5 Å². The number of ether oxygens (including phenoxy) is 1. The van der Waals surface area contributed by atoms with Gasteiger partial charge in [0.15, 0.2) is 6.10 Å². The molecular weight excluding hydrogens is 316 g/mol. The Bertz CT molecular complexity index is 584. The molecule has 0 spiro atoms. The van der Waals surface area contributed by atoms with Gasteiger partial charge in [0.1, 0.15) is 6.61 Å². The molecule has 2 fully saturated rings. The van der Waals surface area contributed by atoms with Gasteiger partial charge in [0.05, 0.1) is 6.04 Å². The molecule has 0 aromatic heterocycles. The molecule has 0 unspecified atom stereocenters. The second-order valence-corrected chi connectivity index (χ2v) is 6.66. The zero-order valence-electron chi connectivity index (χ0n) is 13.1. The summed E-state index contributed by atoms with van der Waals surface area (Å²) in [4.78, 5) is 26.2. The van der Waals surface area contributed by atoms with Gasteiger partial charge >= 0.3 is 0 Å². The molecule has 1 aliphatic heterocycles. The van der Waals surface area contributed by atoms with Crippen LogP contribution in [0, 0.1) is 0 Å². The minimum atomic E-state index is -0.695. The zero-order chi connectivity index (χ0) is 16.4. The fourth-order valence-electron chi connectivity index (χ4n) is 3.34. The molecule has 1 aromatic carbocycles. The zero-order valence-corrected chi connectivity index (χ0v) is 13.9. The van der Waals surface area contributed by atoms with Crippen molar-refractivity contribution in [2.45, 2.75) is 43.9 Å². The molecular formula is C17H21ClN2O3. The van der Waals surface area contributed by atoms with E-state index >= 15 is 0 Å². The third-order valence-electron chi connectivity index (χ3n) is 4.66. The lowest BCUT2D eigenvalue weighted by Gasteiger charge is -2.38. The molecule has 2 atom stereocenters. The van der Waals surface area contributed by atoms with Crippen LogP contribution in [-0.4, -0.2) is 42.5 Å². The molecule has 6 heteroatoms. The van der Waals surface area contributed by atoms with Crippen LogP contribution in [0.3, 0.4) is 0 Å². The number of rotatable bonds is 3. The standard InChI is InChI=1S/C17H21ClN2O3/c1-20-14(21)10-23-16(17(22)19-13-4-2-3-5-13)15(20)11-6-8-12(18)9-7-11/h6-9,13,15-16H,2-5,10H2,1H3,(H,19,22)/t15-,16-/m1/s1. The van der Waals surface area contributed by atoms with Crippen molar-refractivity contribution >= 4 is 23.4 Å². The summed E-state index contributed by atoms with van der Waals surface area (Å²) in [5.74, 6) is -0.272. The maximum Gasteiger partial charge on any atom is 0.251 e. The maximum atomic E-state index is 12.7. The highest BCUT2D eigenvalue weighted by molar-refractivity contribution is 6.30. The molecule has 0 bridgehead atoms. The second kappa shape index (κ2) is 6.89. The van der Waals surface area contributed by atoms with Crippen molar-refractivity contribution in [2.24, 2.45) is 0 Å². The van der Waals surface area contributed by atoms with Crippen LogP contribution in [0.25, 0.3) is 0 Å². The number of amides is 2. The molecule has 2 aliphatic rings. The van der Waals surface area contributed by atoms with Crippen LogP contribution in [0.2, 0.25) is 5.02 Å². The van der Waals surface area contributed by atoms with Gasteiger partial charge in [-0.2, -0.15) is 0 Å². The number of benzene rings is 1. The van der Waals surface area contributed by atoms with Crippen molar-refractivity contribution in [3.63, 3.8) is 0 Å². The first kappa shape index (κ1) is 16.3. The van der Waals surface area contributed by atoms with Crippen molar-refractivity contribution in [1.82, 2.24) is 10.2 Å². The van der Waals surface area contributed by atoms with Crippen molar-refractivity contribution in [3.05, 3.63) is 34.9 Å². The number of nitrogens with one attached hydrogen (secondary N) is 1. The average molecular weight is 337 g/mol. The Morgan fingerprint density at radius 1 is 1.26 bits per heavy atom. The van der Waals surface area contributed by atoms with E-state index in [4.69, 9.17) is 16.3 Å². The number of carbonyl (C=O) groups excluding carboxylic acids is 2. The minimum absolute atomic E-state index is 0.0661. The largest absolute Gasteiger partial charge is 0.356 e. The van der Waals surface area contributed by atoms with Crippen LogP contribution in [0.15, 0.2) is 24.3 Å². The number of morpholine rings is 1. The molecule has 23 heavy (non-hydrogen) atoms. The predicted molar refractivity (Wildman–Crippen MR) is 87.1 cm³/mol. The van der Waals surface area contributed by atoms with E-state index in [9.17, 15) is 9.59 Å². The lowest BCUT2D eigenvalue weighted by atomic mass is 9.97. The molecule has 1 aromatic rings. The van der Waals surface area contributed by atoms with Crippen LogP contribution in [0.4, 0.5) is 0 Å². The van der Waals surface area contributed by atoms with E-state index in [2.05, 4.69) is 5.32 Å². The Morgan fingerprint density at radius 2 is 1.91 bits per heavy atom. The van der Waals surface area contributed by atoms with Crippen LogP contribution in [0.1, 0.15) is 37.3 Å². The van der Waals surface area contributed by atoms with Crippen LogP contribution >= 0.6 is 11.6 Å². The van der Waals surface area contributed by atoms with Crippen molar-refractivity contribution in [3.8, 4) is 0 Å². The summed E-state index contributed by atoms with van der Waals surface area (Å²) in [6, 6.07) is 6.98. The summed E-state index contributed by atoms with van der Waals surface area (Å²) in [5.41, 5.74) is 0.844. The summed E-state index contributed by atoms with van der Waals surface area (Å²) in [6.07, 6.45) is 3.63. The number of hydrogen-bond acceptors (Lipinski definition) is 3. The van der Waals surface area contributed by atoms with Gasteiger partial charge in [0.2, 0.25) is 5.91 Å². The van der Waals surface area contributed by atoms with Gasteiger partial charge in [0, 0.05) is 18.1 Å². The highest BCUT2D eigenvalue weighted by atomic mass is 35.5. The Labute approximate surface area is 140 Å². The van der Waals surface area contributed by atoms with Gasteiger partial charge < -0.3 is 15.0 Å². The quantitative estimate of drug-likeness (QED) is 0.921. The molecule has 1 aliphatic carbocycles. The smallest absolute Gasteiger partial charge is 0.251 e. The molecule has 0 radical (unpaired) electrons. The molecule has 1 N–H and O–H groups in total. The van der Waals surface area contributed by atoms with Crippen LogP contribution in [-0.2, 0) is 14.3 Å². The molecule has 2 amide bonds. The lowest BCUT2D eigenvalue weighted by Crippen LogP contribution is -2.54. The number of carbonyl (C=O) groups is 2. The molecule has 1 saturated heterocycles. The maximum absolute atomic E-state index is 12.7. The first-order chi connectivity index (χ1) is 11.1.